The quantitative estimate of drug-likeness (QED) is 0.604. The third-order valence-corrected chi connectivity index (χ3v) is 6.60. The van der Waals surface area contributed by atoms with E-state index in [2.05, 4.69) is 15.2 Å². The van der Waals surface area contributed by atoms with E-state index in [4.69, 9.17) is 16.0 Å². The van der Waals surface area contributed by atoms with E-state index in [9.17, 15) is 8.42 Å². The molecule has 0 bridgehead atoms. The lowest BCUT2D eigenvalue weighted by atomic mass is 10.5. The summed E-state index contributed by atoms with van der Waals surface area (Å²) in [6.45, 7) is 2.13. The number of aromatic nitrogens is 4. The first-order valence-electron chi connectivity index (χ1n) is 7.46. The van der Waals surface area contributed by atoms with Crippen LogP contribution in [0.4, 0.5) is 0 Å². The molecule has 0 aliphatic carbocycles. The lowest BCUT2D eigenvalue weighted by Crippen LogP contribution is -2.32. The van der Waals surface area contributed by atoms with Crippen molar-refractivity contribution in [2.45, 2.75) is 24.9 Å². The molecule has 134 valence electrons. The summed E-state index contributed by atoms with van der Waals surface area (Å²) >= 11 is 7.52. The predicted molar refractivity (Wildman–Crippen MR) is 93.7 cm³/mol. The van der Waals surface area contributed by atoms with Gasteiger partial charge in [0.1, 0.15) is 5.15 Å². The van der Waals surface area contributed by atoms with Gasteiger partial charge in [0.2, 0.25) is 10.9 Å². The van der Waals surface area contributed by atoms with Crippen molar-refractivity contribution >= 4 is 33.0 Å². The van der Waals surface area contributed by atoms with Crippen molar-refractivity contribution in [3.63, 3.8) is 0 Å². The van der Waals surface area contributed by atoms with Gasteiger partial charge in [0.25, 0.3) is 15.9 Å². The van der Waals surface area contributed by atoms with Gasteiger partial charge in [-0.15, -0.1) is 21.5 Å². The van der Waals surface area contributed by atoms with Crippen LogP contribution in [0.1, 0.15) is 19.2 Å². The average Bonchev–Trinajstić information content (AvgIpc) is 3.29. The van der Waals surface area contributed by atoms with Gasteiger partial charge in [-0.2, -0.15) is 4.31 Å². The highest BCUT2D eigenvalue weighted by Gasteiger charge is 2.31. The zero-order valence-electron chi connectivity index (χ0n) is 13.6. The van der Waals surface area contributed by atoms with E-state index >= 15 is 0 Å². The van der Waals surface area contributed by atoms with Crippen LogP contribution in [0.5, 0.6) is 0 Å². The van der Waals surface area contributed by atoms with Crippen LogP contribution in [0.15, 0.2) is 33.3 Å². The summed E-state index contributed by atoms with van der Waals surface area (Å²) in [6, 6.07) is 3.73. The maximum absolute atomic E-state index is 12.9. The summed E-state index contributed by atoms with van der Waals surface area (Å²) in [7, 11) is -2.24. The predicted octanol–water partition coefficient (Wildman–Crippen LogP) is 2.79. The van der Waals surface area contributed by atoms with Crippen molar-refractivity contribution in [2.75, 3.05) is 6.54 Å². The summed E-state index contributed by atoms with van der Waals surface area (Å²) in [5, 5.41) is 9.71. The molecule has 25 heavy (non-hydrogen) atoms. The molecule has 3 rings (SSSR count). The second-order valence-electron chi connectivity index (χ2n) is 5.27. The molecule has 0 saturated carbocycles. The van der Waals surface area contributed by atoms with Gasteiger partial charge in [0.15, 0.2) is 0 Å². The van der Waals surface area contributed by atoms with Gasteiger partial charge in [-0.1, -0.05) is 24.6 Å². The molecule has 0 fully saturated rings. The Balaban J connectivity index is 1.88. The van der Waals surface area contributed by atoms with Crippen LogP contribution in [0.3, 0.4) is 0 Å². The molecular weight excluding hydrogens is 386 g/mol. The van der Waals surface area contributed by atoms with E-state index in [1.807, 2.05) is 24.4 Å². The molecule has 0 aliphatic heterocycles. The van der Waals surface area contributed by atoms with Crippen LogP contribution in [0.25, 0.3) is 10.8 Å². The average molecular weight is 402 g/mol. The standard InChI is InChI=1S/C14H16ClN5O3S2/c1-3-6-20(25(21,22)14-12(15)19(2)9-16-14)8-11-17-18-13(23-11)10-5-4-7-24-10/h4-5,7,9H,3,6,8H2,1-2H3. The SMILES string of the molecule is CCCN(Cc1nnc(-c2cccs2)o1)S(=O)(=O)c1ncn(C)c1Cl. The topological polar surface area (TPSA) is 94.1 Å². The van der Waals surface area contributed by atoms with Crippen LogP contribution < -0.4 is 0 Å². The largest absolute Gasteiger partial charge is 0.418 e. The Kier molecular flexibility index (Phi) is 5.23. The molecule has 0 atom stereocenters. The summed E-state index contributed by atoms with van der Waals surface area (Å²) < 4.78 is 34.0. The van der Waals surface area contributed by atoms with E-state index in [0.717, 1.165) is 4.88 Å². The highest BCUT2D eigenvalue weighted by Crippen LogP contribution is 2.26. The maximum atomic E-state index is 12.9. The molecule has 0 unspecified atom stereocenters. The van der Waals surface area contributed by atoms with Crippen molar-refractivity contribution < 1.29 is 12.8 Å². The number of sulfonamides is 1. The van der Waals surface area contributed by atoms with Crippen LogP contribution in [0, 0.1) is 0 Å². The monoisotopic (exact) mass is 401 g/mol. The molecule has 0 aliphatic rings. The van der Waals surface area contributed by atoms with Gasteiger partial charge in [-0.05, 0) is 17.9 Å². The summed E-state index contributed by atoms with van der Waals surface area (Å²) in [5.74, 6) is 0.585. The number of nitrogens with zero attached hydrogens (tertiary/aromatic N) is 5. The minimum Gasteiger partial charge on any atom is -0.418 e. The fraction of sp³-hybridized carbons (Fsp3) is 0.357. The highest BCUT2D eigenvalue weighted by atomic mass is 35.5. The van der Waals surface area contributed by atoms with Gasteiger partial charge in [0, 0.05) is 13.6 Å². The third-order valence-electron chi connectivity index (χ3n) is 3.40. The lowest BCUT2D eigenvalue weighted by Gasteiger charge is -2.18. The Bertz CT molecular complexity index is 949. The Hall–Kier alpha value is -1.75. The summed E-state index contributed by atoms with van der Waals surface area (Å²) in [5.41, 5.74) is 0. The summed E-state index contributed by atoms with van der Waals surface area (Å²) in [4.78, 5) is 4.74. The second-order valence-corrected chi connectivity index (χ2v) is 8.43. The Labute approximate surface area is 154 Å². The minimum atomic E-state index is -3.87. The molecule has 0 spiro atoms. The number of halogens is 1. The molecule has 3 heterocycles. The fourth-order valence-corrected chi connectivity index (χ4v) is 4.71. The van der Waals surface area contributed by atoms with Crippen LogP contribution >= 0.6 is 22.9 Å². The molecule has 0 radical (unpaired) electrons. The van der Waals surface area contributed by atoms with E-state index < -0.39 is 10.0 Å². The Morgan fingerprint density at radius 1 is 1.40 bits per heavy atom. The van der Waals surface area contributed by atoms with Crippen molar-refractivity contribution in [1.29, 1.82) is 0 Å². The number of rotatable bonds is 7. The molecule has 0 amide bonds. The van der Waals surface area contributed by atoms with Gasteiger partial charge < -0.3 is 8.98 Å². The Morgan fingerprint density at radius 2 is 2.20 bits per heavy atom. The lowest BCUT2D eigenvalue weighted by molar-refractivity contribution is 0.356. The summed E-state index contributed by atoms with van der Waals surface area (Å²) in [6.07, 6.45) is 1.98. The number of imidazole rings is 1. The Morgan fingerprint density at radius 3 is 2.80 bits per heavy atom. The zero-order chi connectivity index (χ0) is 18.0. The van der Waals surface area contributed by atoms with Gasteiger partial charge >= 0.3 is 0 Å². The van der Waals surface area contributed by atoms with Crippen LogP contribution in [0.2, 0.25) is 5.15 Å². The van der Waals surface area contributed by atoms with Crippen molar-refractivity contribution in [1.82, 2.24) is 24.1 Å². The molecule has 3 aromatic rings. The smallest absolute Gasteiger partial charge is 0.264 e. The van der Waals surface area contributed by atoms with Crippen molar-refractivity contribution in [3.05, 3.63) is 34.9 Å². The van der Waals surface area contributed by atoms with Crippen molar-refractivity contribution in [3.8, 4) is 10.8 Å². The fourth-order valence-electron chi connectivity index (χ4n) is 2.19. The van der Waals surface area contributed by atoms with Gasteiger partial charge in [0.05, 0.1) is 17.7 Å². The molecular formula is C14H16ClN5O3S2. The minimum absolute atomic E-state index is 0.0402. The van der Waals surface area contributed by atoms with Gasteiger partial charge in [-0.3, -0.25) is 0 Å². The third kappa shape index (κ3) is 3.61. The zero-order valence-corrected chi connectivity index (χ0v) is 16.0. The molecule has 0 N–H and O–H groups in total. The first-order chi connectivity index (χ1) is 11.9. The van der Waals surface area contributed by atoms with E-state index in [0.29, 0.717) is 12.3 Å². The first-order valence-corrected chi connectivity index (χ1v) is 10.2. The normalized spacial score (nSPS) is 12.2. The second kappa shape index (κ2) is 7.24. The first kappa shape index (κ1) is 18.1. The van der Waals surface area contributed by atoms with E-state index in [-0.39, 0.29) is 29.2 Å². The molecule has 3 aromatic heterocycles. The number of aryl methyl sites for hydroxylation is 1. The molecule has 0 saturated heterocycles. The van der Waals surface area contributed by atoms with Crippen molar-refractivity contribution in [2.24, 2.45) is 7.05 Å². The number of thiophene rings is 1. The van der Waals surface area contributed by atoms with Gasteiger partial charge in [-0.25, -0.2) is 13.4 Å². The molecule has 8 nitrogen and oxygen atoms in total. The highest BCUT2D eigenvalue weighted by molar-refractivity contribution is 7.89. The maximum Gasteiger partial charge on any atom is 0.264 e. The van der Waals surface area contributed by atoms with E-state index in [1.165, 1.54) is 26.5 Å². The van der Waals surface area contributed by atoms with Crippen LogP contribution in [-0.4, -0.2) is 39.0 Å². The van der Waals surface area contributed by atoms with E-state index in [1.54, 1.807) is 7.05 Å². The van der Waals surface area contributed by atoms with Crippen LogP contribution in [-0.2, 0) is 23.6 Å². The number of hydrogen-bond acceptors (Lipinski definition) is 7. The number of hydrogen-bond donors (Lipinski definition) is 0. The molecule has 0 aromatic carbocycles. The molecule has 11 heteroatoms.